The molecule has 12 heteroatoms. The number of fused-ring (bicyclic) bond motifs is 1. The highest BCUT2D eigenvalue weighted by atomic mass is 19.4. The average Bonchev–Trinajstić information content (AvgIpc) is 2.80. The van der Waals surface area contributed by atoms with Crippen LogP contribution in [-0.2, 0) is 25.3 Å². The molecule has 2 N–H and O–H groups in total. The number of alkyl halides is 3. The van der Waals surface area contributed by atoms with Crippen LogP contribution < -0.4 is 20.3 Å². The van der Waals surface area contributed by atoms with Crippen LogP contribution >= 0.6 is 0 Å². The van der Waals surface area contributed by atoms with Crippen molar-refractivity contribution < 1.29 is 41.8 Å². The van der Waals surface area contributed by atoms with Gasteiger partial charge in [-0.2, -0.15) is 13.2 Å². The molecule has 2 aromatic carbocycles. The van der Waals surface area contributed by atoms with Crippen molar-refractivity contribution in [2.24, 2.45) is 0 Å². The lowest BCUT2D eigenvalue weighted by molar-refractivity contribution is -0.152. The van der Waals surface area contributed by atoms with Crippen LogP contribution in [0, 0.1) is 0 Å². The summed E-state index contributed by atoms with van der Waals surface area (Å²) in [6, 6.07) is 8.89. The van der Waals surface area contributed by atoms with Crippen molar-refractivity contribution in [1.29, 1.82) is 0 Å². The number of hydrogen-bond acceptors (Lipinski definition) is 6. The van der Waals surface area contributed by atoms with Gasteiger partial charge in [0.05, 0.1) is 29.6 Å². The molecule has 3 amide bonds. The number of nitrogens with zero attached hydrogens (tertiary/aromatic N) is 1. The third-order valence-electron chi connectivity index (χ3n) is 4.86. The predicted molar refractivity (Wildman–Crippen MR) is 113 cm³/mol. The number of methoxy groups -OCH3 is 1. The summed E-state index contributed by atoms with van der Waals surface area (Å²) in [5, 5.41) is 4.65. The van der Waals surface area contributed by atoms with Crippen molar-refractivity contribution in [2.45, 2.75) is 19.2 Å². The Morgan fingerprint density at radius 1 is 1.18 bits per heavy atom. The lowest BCUT2D eigenvalue weighted by atomic mass is 10.1. The van der Waals surface area contributed by atoms with Crippen LogP contribution in [0.3, 0.4) is 0 Å². The fourth-order valence-electron chi connectivity index (χ4n) is 3.25. The highest BCUT2D eigenvalue weighted by Gasteiger charge is 2.35. The van der Waals surface area contributed by atoms with Gasteiger partial charge >= 0.3 is 12.1 Å². The quantitative estimate of drug-likeness (QED) is 0.615. The van der Waals surface area contributed by atoms with E-state index >= 15 is 0 Å². The van der Waals surface area contributed by atoms with Gasteiger partial charge in [0.1, 0.15) is 18.8 Å². The Bertz CT molecular complexity index is 1140. The molecule has 0 spiro atoms. The van der Waals surface area contributed by atoms with E-state index in [9.17, 15) is 32.3 Å². The summed E-state index contributed by atoms with van der Waals surface area (Å²) in [5.41, 5.74) is -0.964. The van der Waals surface area contributed by atoms with E-state index in [4.69, 9.17) is 9.47 Å². The molecule has 3 rings (SSSR count). The van der Waals surface area contributed by atoms with E-state index in [2.05, 4.69) is 10.6 Å². The number of ether oxygens (including phenoxy) is 2. The zero-order valence-corrected chi connectivity index (χ0v) is 18.1. The largest absolute Gasteiger partial charge is 0.496 e. The fraction of sp³-hybridized carbons (Fsp3) is 0.273. The predicted octanol–water partition coefficient (Wildman–Crippen LogP) is 2.36. The lowest BCUT2D eigenvalue weighted by Gasteiger charge is -2.31. The lowest BCUT2D eigenvalue weighted by Crippen LogP contribution is -2.47. The summed E-state index contributed by atoms with van der Waals surface area (Å²) in [7, 11) is 1.39. The van der Waals surface area contributed by atoms with Crippen molar-refractivity contribution in [3.63, 3.8) is 0 Å². The van der Waals surface area contributed by atoms with Crippen molar-refractivity contribution >= 4 is 35.1 Å². The molecule has 0 aliphatic carbocycles. The number of halogens is 3. The number of benzene rings is 2. The molecule has 0 saturated carbocycles. The molecule has 1 unspecified atom stereocenters. The Morgan fingerprint density at radius 2 is 1.88 bits per heavy atom. The van der Waals surface area contributed by atoms with Crippen molar-refractivity contribution in [3.8, 4) is 5.75 Å². The summed E-state index contributed by atoms with van der Waals surface area (Å²) in [6.45, 7) is 0.225. The molecular weight excluding hydrogens is 459 g/mol. The molecule has 1 aliphatic rings. The standard InChI is InChI=1S/C22H20F3N3O6/c1-12(34-19(30)10-26-20(31)14-5-3-4-6-17(14)33-2)21(32)28-11-18(29)27-15-9-13(22(23,24)25)7-8-16(15)28/h3-9,12H,10-11H2,1-2H3,(H,26,31)(H,27,29). The Labute approximate surface area is 191 Å². The molecule has 0 bridgehead atoms. The first kappa shape index (κ1) is 24.6. The summed E-state index contributed by atoms with van der Waals surface area (Å²) in [5.74, 6) is -2.76. The van der Waals surface area contributed by atoms with Gasteiger partial charge in [-0.15, -0.1) is 0 Å². The molecule has 2 aromatic rings. The Hall–Kier alpha value is -4.09. The average molecular weight is 479 g/mol. The van der Waals surface area contributed by atoms with Crippen molar-refractivity contribution in [1.82, 2.24) is 5.32 Å². The number of anilines is 2. The summed E-state index contributed by atoms with van der Waals surface area (Å²) < 4.78 is 49.1. The van der Waals surface area contributed by atoms with Gasteiger partial charge in [0.25, 0.3) is 11.8 Å². The highest BCUT2D eigenvalue weighted by Crippen LogP contribution is 2.37. The first-order valence-electron chi connectivity index (χ1n) is 9.94. The minimum Gasteiger partial charge on any atom is -0.496 e. The van der Waals surface area contributed by atoms with Crippen molar-refractivity contribution in [3.05, 3.63) is 53.6 Å². The van der Waals surface area contributed by atoms with Gasteiger partial charge in [0.15, 0.2) is 6.10 Å². The molecule has 9 nitrogen and oxygen atoms in total. The molecule has 180 valence electrons. The first-order chi connectivity index (χ1) is 16.0. The Morgan fingerprint density at radius 3 is 2.56 bits per heavy atom. The monoisotopic (exact) mass is 479 g/mol. The van der Waals surface area contributed by atoms with Gasteiger partial charge in [-0.05, 0) is 37.3 Å². The van der Waals surface area contributed by atoms with Crippen LogP contribution in [0.25, 0.3) is 0 Å². The normalized spacial score (nSPS) is 13.9. The van der Waals surface area contributed by atoms with E-state index < -0.39 is 54.6 Å². The van der Waals surface area contributed by atoms with Gasteiger partial charge in [0.2, 0.25) is 5.91 Å². The highest BCUT2D eigenvalue weighted by molar-refractivity contribution is 6.11. The number of nitrogens with one attached hydrogen (secondary N) is 2. The molecule has 0 saturated heterocycles. The first-order valence-corrected chi connectivity index (χ1v) is 9.94. The van der Waals surface area contributed by atoms with Crippen LogP contribution in [0.1, 0.15) is 22.8 Å². The number of para-hydroxylation sites is 1. The summed E-state index contributed by atoms with van der Waals surface area (Å²) in [6.07, 6.45) is -6.01. The fourth-order valence-corrected chi connectivity index (χ4v) is 3.25. The molecular formula is C22H20F3N3O6. The van der Waals surface area contributed by atoms with Crippen molar-refractivity contribution in [2.75, 3.05) is 30.4 Å². The van der Waals surface area contributed by atoms with Crippen LogP contribution in [0.2, 0.25) is 0 Å². The third kappa shape index (κ3) is 5.45. The van der Waals surface area contributed by atoms with Gasteiger partial charge < -0.3 is 20.1 Å². The van der Waals surface area contributed by atoms with E-state index in [1.165, 1.54) is 20.1 Å². The van der Waals surface area contributed by atoms with Gasteiger partial charge in [-0.3, -0.25) is 24.1 Å². The minimum atomic E-state index is -4.64. The smallest absolute Gasteiger partial charge is 0.416 e. The van der Waals surface area contributed by atoms with E-state index in [1.807, 2.05) is 0 Å². The number of carbonyl (C=O) groups is 4. The molecule has 34 heavy (non-hydrogen) atoms. The number of amides is 3. The second-order valence-corrected chi connectivity index (χ2v) is 7.22. The topological polar surface area (TPSA) is 114 Å². The SMILES string of the molecule is COc1ccccc1C(=O)NCC(=O)OC(C)C(=O)N1CC(=O)Nc2cc(C(F)(F)F)ccc21. The van der Waals surface area contributed by atoms with Gasteiger partial charge in [-0.1, -0.05) is 12.1 Å². The Balaban J connectivity index is 1.65. The zero-order valence-electron chi connectivity index (χ0n) is 18.1. The number of hydrogen-bond donors (Lipinski definition) is 2. The molecule has 0 aromatic heterocycles. The maximum absolute atomic E-state index is 13.0. The second kappa shape index (κ2) is 9.81. The van der Waals surface area contributed by atoms with E-state index in [0.717, 1.165) is 23.1 Å². The molecule has 0 radical (unpaired) electrons. The zero-order chi connectivity index (χ0) is 25.0. The van der Waals surface area contributed by atoms with Crippen LogP contribution in [0.4, 0.5) is 24.5 Å². The maximum Gasteiger partial charge on any atom is 0.416 e. The maximum atomic E-state index is 13.0. The van der Waals surface area contributed by atoms with Gasteiger partial charge in [0, 0.05) is 0 Å². The molecule has 1 aliphatic heterocycles. The van der Waals surface area contributed by atoms with Crippen LogP contribution in [-0.4, -0.2) is 50.0 Å². The molecule has 1 atom stereocenters. The number of esters is 1. The van der Waals surface area contributed by atoms with Crippen LogP contribution in [0.15, 0.2) is 42.5 Å². The minimum absolute atomic E-state index is 0.0324. The van der Waals surface area contributed by atoms with Crippen LogP contribution in [0.5, 0.6) is 5.75 Å². The third-order valence-corrected chi connectivity index (χ3v) is 4.86. The van der Waals surface area contributed by atoms with Gasteiger partial charge in [-0.25, -0.2) is 0 Å². The van der Waals surface area contributed by atoms with E-state index in [0.29, 0.717) is 5.75 Å². The summed E-state index contributed by atoms with van der Waals surface area (Å²) in [4.78, 5) is 50.1. The summed E-state index contributed by atoms with van der Waals surface area (Å²) >= 11 is 0. The number of carbonyl (C=O) groups excluding carboxylic acids is 4. The second-order valence-electron chi connectivity index (χ2n) is 7.22. The molecule has 1 heterocycles. The van der Waals surface area contributed by atoms with E-state index in [-0.39, 0.29) is 16.9 Å². The Kier molecular flexibility index (Phi) is 7.08. The van der Waals surface area contributed by atoms with E-state index in [1.54, 1.807) is 18.2 Å². The number of rotatable bonds is 6. The molecule has 0 fully saturated rings.